The molecule has 0 saturated heterocycles. The Bertz CT molecular complexity index is 1270. The van der Waals surface area contributed by atoms with Crippen LogP contribution >= 0.6 is 11.3 Å². The molecule has 1 heterocycles. The molecule has 0 fully saturated rings. The Morgan fingerprint density at radius 3 is 1.67 bits per heavy atom. The minimum absolute atomic E-state index is 0.0471. The van der Waals surface area contributed by atoms with Crippen LogP contribution in [0.3, 0.4) is 0 Å². The lowest BCUT2D eigenvalue weighted by molar-refractivity contribution is -0.137. The van der Waals surface area contributed by atoms with E-state index in [1.54, 1.807) is 11.3 Å². The van der Waals surface area contributed by atoms with Crippen LogP contribution in [0.5, 0.6) is 5.75 Å². The number of carboxylic acid groups (broad SMARTS) is 1. The van der Waals surface area contributed by atoms with Gasteiger partial charge in [-0.05, 0) is 96.1 Å². The number of para-hydroxylation sites is 1. The average molecular weight is 744 g/mol. The van der Waals surface area contributed by atoms with Crippen LogP contribution in [0.2, 0.25) is 0 Å². The summed E-state index contributed by atoms with van der Waals surface area (Å²) in [7, 11) is 0. The van der Waals surface area contributed by atoms with E-state index in [0.717, 1.165) is 145 Å². The van der Waals surface area contributed by atoms with Crippen LogP contribution in [-0.4, -0.2) is 60.9 Å². The quantitative estimate of drug-likeness (QED) is 0.0415. The second-order valence-electron chi connectivity index (χ2n) is 13.0. The number of hydrogen-bond acceptors (Lipinski definition) is 6. The third kappa shape index (κ3) is 27.1. The number of benzene rings is 1. The van der Waals surface area contributed by atoms with Crippen LogP contribution in [0.15, 0.2) is 42.5 Å². The smallest absolute Gasteiger partial charge is 0.314 e. The van der Waals surface area contributed by atoms with E-state index in [-0.39, 0.29) is 12.1 Å². The summed E-state index contributed by atoms with van der Waals surface area (Å²) in [6.07, 6.45) is 28.1. The number of fused-ring (bicyclic) bond motifs is 1. The Morgan fingerprint density at radius 2 is 1.15 bits per heavy atom. The van der Waals surface area contributed by atoms with Gasteiger partial charge in [-0.2, -0.15) is 0 Å². The average Bonchev–Trinajstić information content (AvgIpc) is 3.52. The summed E-state index contributed by atoms with van der Waals surface area (Å²) in [5.74, 6) is 0.174. The number of carbonyl (C=O) groups excluding carboxylic acids is 2. The molecule has 52 heavy (non-hydrogen) atoms. The second-order valence-corrected chi connectivity index (χ2v) is 14.3. The number of aryl methyl sites for hydroxylation is 1. The number of carboxylic acids is 1. The van der Waals surface area contributed by atoms with Gasteiger partial charge >= 0.3 is 18.0 Å². The van der Waals surface area contributed by atoms with Gasteiger partial charge in [0.15, 0.2) is 0 Å². The molecule has 4 amide bonds. The second kappa shape index (κ2) is 33.3. The minimum Gasteiger partial charge on any atom is -0.491 e. The number of ether oxygens (including phenoxy) is 1. The van der Waals surface area contributed by atoms with Gasteiger partial charge in [0.1, 0.15) is 11.3 Å². The Morgan fingerprint density at radius 1 is 0.673 bits per heavy atom. The van der Waals surface area contributed by atoms with E-state index >= 15 is 0 Å². The third-order valence-electron chi connectivity index (χ3n) is 8.17. The van der Waals surface area contributed by atoms with Crippen LogP contribution in [0.4, 0.5) is 9.59 Å². The maximum atomic E-state index is 11.6. The molecule has 0 aliphatic carbocycles. The summed E-state index contributed by atoms with van der Waals surface area (Å²) >= 11 is 1.70. The number of thiazole rings is 1. The summed E-state index contributed by atoms with van der Waals surface area (Å²) in [6.45, 7) is 9.98. The molecule has 11 heteroatoms. The van der Waals surface area contributed by atoms with Crippen molar-refractivity contribution in [2.24, 2.45) is 0 Å². The first kappa shape index (κ1) is 46.4. The Kier molecular flexibility index (Phi) is 29.7. The number of carbonyl (C=O) groups is 3. The van der Waals surface area contributed by atoms with Gasteiger partial charge in [0.05, 0.1) is 16.3 Å². The highest BCUT2D eigenvalue weighted by Crippen LogP contribution is 2.29. The Hall–Kier alpha value is -3.60. The number of rotatable bonds is 29. The number of allylic oxidation sites excluding steroid dienone is 3. The summed E-state index contributed by atoms with van der Waals surface area (Å²) in [6, 6.07) is 5.99. The van der Waals surface area contributed by atoms with Gasteiger partial charge in [0.25, 0.3) is 0 Å². The summed E-state index contributed by atoms with van der Waals surface area (Å²) in [5.41, 5.74) is 0.968. The Balaban J connectivity index is 0.000000528. The standard InChI is InChI=1S/C22H33N3O2S.C19H36N2O3/c1-3-4-9-15-23-22(26)24-16-10-7-5-6-8-11-17-27-19-13-12-14-20-21(19)25-18(2)28-20;1-2-3-13-16-20-19(24)21-17-14-11-9-7-5-4-6-8-10-12-15-18(22)23/h6,8,12-14H,3-5,7,9-11,15-17H2,1-2H3,(H2,23,24,26);5,7H,2-4,6,8-17H2,1H3,(H,22,23)(H2,20,21,24)/b8-6-;7-5-. The minimum atomic E-state index is -0.696. The Labute approximate surface area is 318 Å². The zero-order valence-electron chi connectivity index (χ0n) is 32.4. The SMILES string of the molecule is CCCCCNC(=O)NCCCC/C=C\CCCCCCC(=O)O.CCCCCNC(=O)NCCCC/C=C\CCOc1cccc2sc(C)nc12. The summed E-state index contributed by atoms with van der Waals surface area (Å²) < 4.78 is 7.06. The van der Waals surface area contributed by atoms with E-state index in [0.29, 0.717) is 13.0 Å². The van der Waals surface area contributed by atoms with Crippen molar-refractivity contribution in [2.75, 3.05) is 32.8 Å². The fraction of sp³-hybridized carbons (Fsp3) is 0.659. The first-order valence-electron chi connectivity index (χ1n) is 19.9. The van der Waals surface area contributed by atoms with E-state index in [9.17, 15) is 14.4 Å². The number of nitrogens with one attached hydrogen (secondary N) is 4. The molecule has 0 aliphatic rings. The van der Waals surface area contributed by atoms with Crippen molar-refractivity contribution in [3.8, 4) is 5.75 Å². The number of amides is 4. The predicted octanol–water partition coefficient (Wildman–Crippen LogP) is 10.2. The van der Waals surface area contributed by atoms with E-state index in [1.165, 1.54) is 17.5 Å². The van der Waals surface area contributed by atoms with Gasteiger partial charge in [-0.1, -0.05) is 82.7 Å². The van der Waals surface area contributed by atoms with Crippen molar-refractivity contribution < 1.29 is 24.2 Å². The molecule has 0 radical (unpaired) electrons. The molecule has 0 unspecified atom stereocenters. The molecule has 2 aromatic rings. The fourth-order valence-electron chi connectivity index (χ4n) is 5.21. The van der Waals surface area contributed by atoms with Crippen LogP contribution < -0.4 is 26.0 Å². The number of aliphatic carboxylic acids is 1. The zero-order chi connectivity index (χ0) is 37.9. The topological polar surface area (TPSA) is 142 Å². The van der Waals surface area contributed by atoms with E-state index in [1.807, 2.05) is 19.1 Å². The number of nitrogens with zero attached hydrogens (tertiary/aromatic N) is 1. The van der Waals surface area contributed by atoms with Gasteiger partial charge < -0.3 is 31.1 Å². The molecule has 2 rings (SSSR count). The zero-order valence-corrected chi connectivity index (χ0v) is 33.3. The summed E-state index contributed by atoms with van der Waals surface area (Å²) in [5, 5.41) is 21.1. The normalized spacial score (nSPS) is 11.1. The molecule has 1 aromatic carbocycles. The number of unbranched alkanes of at least 4 members (excludes halogenated alkanes) is 12. The molecule has 0 aliphatic heterocycles. The first-order valence-corrected chi connectivity index (χ1v) is 20.7. The van der Waals surface area contributed by atoms with Crippen LogP contribution in [-0.2, 0) is 4.79 Å². The lowest BCUT2D eigenvalue weighted by atomic mass is 10.1. The molecule has 294 valence electrons. The third-order valence-corrected chi connectivity index (χ3v) is 9.11. The van der Waals surface area contributed by atoms with Crippen molar-refractivity contribution in [1.82, 2.24) is 26.3 Å². The van der Waals surface area contributed by atoms with Gasteiger partial charge in [0.2, 0.25) is 0 Å². The van der Waals surface area contributed by atoms with Crippen LogP contribution in [0.25, 0.3) is 10.2 Å². The molecule has 0 saturated carbocycles. The van der Waals surface area contributed by atoms with Crippen LogP contribution in [0, 0.1) is 6.92 Å². The van der Waals surface area contributed by atoms with Crippen molar-refractivity contribution in [3.63, 3.8) is 0 Å². The van der Waals surface area contributed by atoms with E-state index in [2.05, 4.69) is 70.5 Å². The highest BCUT2D eigenvalue weighted by molar-refractivity contribution is 7.18. The largest absolute Gasteiger partial charge is 0.491 e. The van der Waals surface area contributed by atoms with E-state index in [4.69, 9.17) is 9.84 Å². The van der Waals surface area contributed by atoms with Crippen molar-refractivity contribution in [3.05, 3.63) is 47.5 Å². The number of hydrogen-bond donors (Lipinski definition) is 5. The van der Waals surface area contributed by atoms with Crippen molar-refractivity contribution >= 4 is 39.6 Å². The lowest BCUT2D eigenvalue weighted by Gasteiger charge is -2.06. The molecule has 0 bridgehead atoms. The van der Waals surface area contributed by atoms with Crippen molar-refractivity contribution in [1.29, 1.82) is 0 Å². The van der Waals surface area contributed by atoms with E-state index < -0.39 is 5.97 Å². The molecular formula is C41H69N5O5S. The van der Waals surface area contributed by atoms with Crippen LogP contribution in [0.1, 0.15) is 141 Å². The molecule has 5 N–H and O–H groups in total. The van der Waals surface area contributed by atoms with Gasteiger partial charge in [-0.25, -0.2) is 14.6 Å². The lowest BCUT2D eigenvalue weighted by Crippen LogP contribution is -2.36. The first-order chi connectivity index (χ1) is 25.4. The molecule has 0 atom stereocenters. The highest BCUT2D eigenvalue weighted by Gasteiger charge is 2.06. The van der Waals surface area contributed by atoms with Gasteiger partial charge in [-0.3, -0.25) is 4.79 Å². The molecule has 1 aromatic heterocycles. The fourth-order valence-corrected chi connectivity index (χ4v) is 6.05. The summed E-state index contributed by atoms with van der Waals surface area (Å²) in [4.78, 5) is 37.9. The molecular weight excluding hydrogens is 675 g/mol. The molecule has 10 nitrogen and oxygen atoms in total. The van der Waals surface area contributed by atoms with Gasteiger partial charge in [-0.15, -0.1) is 11.3 Å². The number of urea groups is 2. The predicted molar refractivity (Wildman–Crippen MR) is 218 cm³/mol. The maximum absolute atomic E-state index is 11.6. The van der Waals surface area contributed by atoms with Crippen molar-refractivity contribution in [2.45, 2.75) is 143 Å². The monoisotopic (exact) mass is 744 g/mol. The maximum Gasteiger partial charge on any atom is 0.314 e. The number of aromatic nitrogens is 1. The molecule has 0 spiro atoms. The highest BCUT2D eigenvalue weighted by atomic mass is 32.1. The van der Waals surface area contributed by atoms with Gasteiger partial charge in [0, 0.05) is 32.6 Å².